The first-order valence-electron chi connectivity index (χ1n) is 18.2. The third kappa shape index (κ3) is 11.9. The SMILES string of the molecule is CC(C)c1cc2c(-c3ccc(C(C)(C)C)cc3)cccc2[cH-]1.CCCc1cc2c(-c3ccc(C(C)(C)C)cc3)ccc(C)c2[cH-]1.C[Si]C.[Cl][Zr+2][Cl]. The van der Waals surface area contributed by atoms with E-state index in [1.165, 1.54) is 78.0 Å². The minimum atomic E-state index is -0.826. The van der Waals surface area contributed by atoms with E-state index >= 15 is 0 Å². The number of hydrogen-bond donors (Lipinski definition) is 0. The molecule has 0 aromatic heterocycles. The fourth-order valence-electron chi connectivity index (χ4n) is 6.33. The van der Waals surface area contributed by atoms with E-state index in [2.05, 4.69) is 185 Å². The second-order valence-electron chi connectivity index (χ2n) is 15.8. The first kappa shape index (κ1) is 43.2. The molecule has 0 heterocycles. The zero-order chi connectivity index (χ0) is 37.9. The van der Waals surface area contributed by atoms with E-state index in [1.807, 2.05) is 0 Å². The van der Waals surface area contributed by atoms with Gasteiger partial charge >= 0.3 is 37.9 Å². The maximum atomic E-state index is 4.93. The van der Waals surface area contributed by atoms with Crippen molar-refractivity contribution in [3.8, 4) is 22.3 Å². The van der Waals surface area contributed by atoms with Gasteiger partial charge in [0.2, 0.25) is 0 Å². The molecule has 0 N–H and O–H groups in total. The summed E-state index contributed by atoms with van der Waals surface area (Å²) >= 11 is -0.826. The molecule has 0 nitrogen and oxygen atoms in total. The summed E-state index contributed by atoms with van der Waals surface area (Å²) < 4.78 is 0. The quantitative estimate of drug-likeness (QED) is 0.120. The van der Waals surface area contributed by atoms with E-state index in [9.17, 15) is 0 Å². The zero-order valence-corrected chi connectivity index (χ0v) is 38.0. The monoisotopic (exact) mass is 810 g/mol. The van der Waals surface area contributed by atoms with Gasteiger partial charge in [-0.05, 0) is 45.4 Å². The summed E-state index contributed by atoms with van der Waals surface area (Å²) in [5.41, 5.74) is 12.8. The molecular formula is C47H58Cl2SiZr. The molecule has 0 aliphatic heterocycles. The van der Waals surface area contributed by atoms with Crippen molar-refractivity contribution in [3.63, 3.8) is 0 Å². The predicted molar refractivity (Wildman–Crippen MR) is 229 cm³/mol. The molecule has 0 aliphatic rings. The topological polar surface area (TPSA) is 0 Å². The number of hydrogen-bond acceptors (Lipinski definition) is 0. The van der Waals surface area contributed by atoms with E-state index in [4.69, 9.17) is 17.0 Å². The predicted octanol–water partition coefficient (Wildman–Crippen LogP) is 15.6. The Balaban J connectivity index is 0.000000239. The standard InChI is InChI=1S/C23H27.C22H25.C2H6Si.2ClH.Zr/c1-6-7-17-14-21-16(2)8-13-20(22(21)15-17)18-9-11-19(12-10-18)23(3,4)5;1-15(2)18-13-17-7-6-8-20(21(17)14-18)16-9-11-19(12-10-16)22(3,4)5;1-3-2;;;/h8-15H,6-7H2,1-5H3;6-15H,1-5H3;1-2H3;2*1H;/q2*-1;;;;+4/p-2. The summed E-state index contributed by atoms with van der Waals surface area (Å²) in [6.07, 6.45) is 2.36. The van der Waals surface area contributed by atoms with Gasteiger partial charge in [0.15, 0.2) is 0 Å². The van der Waals surface area contributed by atoms with E-state index in [-0.39, 0.29) is 10.8 Å². The van der Waals surface area contributed by atoms with Crippen LogP contribution in [0, 0.1) is 6.92 Å². The van der Waals surface area contributed by atoms with Gasteiger partial charge in [-0.3, -0.25) is 0 Å². The number of rotatable bonds is 5. The summed E-state index contributed by atoms with van der Waals surface area (Å²) in [7, 11) is 11.0. The van der Waals surface area contributed by atoms with Crippen LogP contribution in [-0.4, -0.2) is 9.52 Å². The Morgan fingerprint density at radius 2 is 1.18 bits per heavy atom. The number of halogens is 2. The molecule has 0 atom stereocenters. The van der Waals surface area contributed by atoms with Crippen molar-refractivity contribution >= 4 is 48.1 Å². The fraction of sp³-hybridized carbons (Fsp3) is 0.362. The molecule has 0 bridgehead atoms. The number of fused-ring (bicyclic) bond motifs is 2. The molecule has 0 unspecified atom stereocenters. The van der Waals surface area contributed by atoms with Crippen molar-refractivity contribution in [1.29, 1.82) is 0 Å². The van der Waals surface area contributed by atoms with Gasteiger partial charge in [-0.2, -0.15) is 12.1 Å². The molecule has 2 radical (unpaired) electrons. The Hall–Kier alpha value is -2.22. The number of benzene rings is 4. The maximum absolute atomic E-state index is 4.93. The molecule has 0 spiro atoms. The molecule has 0 aliphatic carbocycles. The second kappa shape index (κ2) is 19.7. The summed E-state index contributed by atoms with van der Waals surface area (Å²) in [6, 6.07) is 38.7. The average Bonchev–Trinajstić information content (AvgIpc) is 3.71. The van der Waals surface area contributed by atoms with Crippen LogP contribution in [0.2, 0.25) is 13.1 Å². The van der Waals surface area contributed by atoms with E-state index in [0.29, 0.717) is 5.92 Å². The van der Waals surface area contributed by atoms with Crippen LogP contribution < -0.4 is 0 Å². The van der Waals surface area contributed by atoms with Crippen LogP contribution in [0.3, 0.4) is 0 Å². The van der Waals surface area contributed by atoms with Crippen LogP contribution in [0.25, 0.3) is 43.8 Å². The molecule has 0 fully saturated rings. The molecule has 6 rings (SSSR count). The summed E-state index contributed by atoms with van der Waals surface area (Å²) in [6.45, 7) is 26.8. The van der Waals surface area contributed by atoms with Crippen molar-refractivity contribution in [2.75, 3.05) is 0 Å². The van der Waals surface area contributed by atoms with Crippen LogP contribution in [0.4, 0.5) is 0 Å². The van der Waals surface area contributed by atoms with Crippen LogP contribution >= 0.6 is 17.0 Å². The summed E-state index contributed by atoms with van der Waals surface area (Å²) in [5.74, 6) is 0.573. The Morgan fingerprint density at radius 3 is 1.63 bits per heavy atom. The molecule has 6 aromatic carbocycles. The molecule has 268 valence electrons. The van der Waals surface area contributed by atoms with Gasteiger partial charge in [-0.1, -0.05) is 161 Å². The van der Waals surface area contributed by atoms with Crippen LogP contribution in [0.15, 0.2) is 103 Å². The van der Waals surface area contributed by atoms with Gasteiger partial charge in [0.1, 0.15) is 0 Å². The van der Waals surface area contributed by atoms with Gasteiger partial charge in [0.05, 0.1) is 0 Å². The Labute approximate surface area is 331 Å². The van der Waals surface area contributed by atoms with Crippen LogP contribution in [0.5, 0.6) is 0 Å². The van der Waals surface area contributed by atoms with E-state index < -0.39 is 20.8 Å². The molecule has 6 aromatic rings. The average molecular weight is 813 g/mol. The molecular weight excluding hydrogens is 755 g/mol. The first-order valence-corrected chi connectivity index (χ1v) is 26.6. The van der Waals surface area contributed by atoms with Crippen molar-refractivity contribution in [1.82, 2.24) is 0 Å². The number of aryl methyl sites for hydroxylation is 2. The van der Waals surface area contributed by atoms with E-state index in [1.54, 1.807) is 0 Å². The second-order valence-corrected chi connectivity index (χ2v) is 20.6. The van der Waals surface area contributed by atoms with Crippen molar-refractivity contribution < 1.29 is 20.8 Å². The Bertz CT molecular complexity index is 1930. The van der Waals surface area contributed by atoms with Gasteiger partial charge in [-0.15, -0.1) is 68.6 Å². The van der Waals surface area contributed by atoms with Crippen molar-refractivity contribution in [2.24, 2.45) is 0 Å². The molecule has 51 heavy (non-hydrogen) atoms. The minimum absolute atomic E-state index is 0.204. The van der Waals surface area contributed by atoms with Crippen LogP contribution in [0.1, 0.15) is 102 Å². The molecule has 4 heteroatoms. The Morgan fingerprint density at radius 1 is 0.686 bits per heavy atom. The molecule has 0 saturated heterocycles. The normalized spacial score (nSPS) is 11.3. The van der Waals surface area contributed by atoms with Gasteiger partial charge in [0.25, 0.3) is 0 Å². The third-order valence-electron chi connectivity index (χ3n) is 9.27. The van der Waals surface area contributed by atoms with Crippen LogP contribution in [-0.2, 0) is 38.1 Å². The van der Waals surface area contributed by atoms with Gasteiger partial charge < -0.3 is 0 Å². The van der Waals surface area contributed by atoms with Gasteiger partial charge in [0, 0.05) is 9.52 Å². The first-order chi connectivity index (χ1) is 24.1. The molecule has 0 amide bonds. The third-order valence-corrected chi connectivity index (χ3v) is 9.27. The van der Waals surface area contributed by atoms with E-state index in [0.717, 1.165) is 15.9 Å². The summed E-state index contributed by atoms with van der Waals surface area (Å²) in [5, 5.41) is 5.53. The van der Waals surface area contributed by atoms with Gasteiger partial charge in [-0.25, -0.2) is 0 Å². The van der Waals surface area contributed by atoms with Crippen molar-refractivity contribution in [3.05, 3.63) is 131 Å². The summed E-state index contributed by atoms with van der Waals surface area (Å²) in [4.78, 5) is 0. The zero-order valence-electron chi connectivity index (χ0n) is 33.1. The van der Waals surface area contributed by atoms with Crippen molar-refractivity contribution in [2.45, 2.75) is 112 Å². The Kier molecular flexibility index (Phi) is 16.7. The fourth-order valence-corrected chi connectivity index (χ4v) is 6.33. The molecule has 0 saturated carbocycles.